The van der Waals surface area contributed by atoms with Crippen molar-refractivity contribution < 1.29 is 0 Å². The first-order valence-electron chi connectivity index (χ1n) is 12.3. The van der Waals surface area contributed by atoms with Crippen LogP contribution in [0.4, 0.5) is 5.69 Å². The topological polar surface area (TPSA) is 42.7 Å². The molecule has 0 spiro atoms. The zero-order chi connectivity index (χ0) is 22.9. The fourth-order valence-corrected chi connectivity index (χ4v) is 5.08. The van der Waals surface area contributed by atoms with Crippen molar-refractivity contribution in [2.75, 3.05) is 5.32 Å². The van der Waals surface area contributed by atoms with Gasteiger partial charge in [0, 0.05) is 36.0 Å². The van der Waals surface area contributed by atoms with E-state index in [0.29, 0.717) is 12.0 Å². The summed E-state index contributed by atoms with van der Waals surface area (Å²) >= 11 is 0. The highest BCUT2D eigenvalue weighted by molar-refractivity contribution is 5.93. The van der Waals surface area contributed by atoms with E-state index in [2.05, 4.69) is 80.0 Å². The number of hydrogen-bond acceptors (Lipinski definition) is 3. The summed E-state index contributed by atoms with van der Waals surface area (Å²) in [4.78, 5) is 9.98. The zero-order valence-electron chi connectivity index (χ0n) is 20.2. The van der Waals surface area contributed by atoms with E-state index in [1.165, 1.54) is 52.9 Å². The van der Waals surface area contributed by atoms with Crippen LogP contribution in [-0.4, -0.2) is 14.5 Å². The average Bonchev–Trinajstić information content (AvgIpc) is 3.16. The standard InChI is InChI=1S/C29H34N4/c1-5-23-16-27-29(33(23)19(2)3)26(31-18-21-10-6-9-20(4)15-21)17-25(32-27)24-13-8-14-30-28(24)22-11-7-12-22/h6,8-10,13-17,19,22H,5,7,11-12,18H2,1-4H3,(H,31,32). The number of rotatable bonds is 7. The van der Waals surface area contributed by atoms with E-state index in [0.717, 1.165) is 29.9 Å². The lowest BCUT2D eigenvalue weighted by atomic mass is 9.80. The summed E-state index contributed by atoms with van der Waals surface area (Å²) < 4.78 is 2.45. The molecule has 1 aliphatic rings. The third-order valence-corrected chi connectivity index (χ3v) is 6.92. The minimum Gasteiger partial charge on any atom is -0.379 e. The number of aromatic nitrogens is 3. The molecule has 1 aliphatic carbocycles. The minimum absolute atomic E-state index is 0.369. The Morgan fingerprint density at radius 3 is 2.64 bits per heavy atom. The molecule has 170 valence electrons. The molecule has 1 saturated carbocycles. The lowest BCUT2D eigenvalue weighted by molar-refractivity contribution is 0.412. The van der Waals surface area contributed by atoms with Crippen molar-refractivity contribution in [3.63, 3.8) is 0 Å². The van der Waals surface area contributed by atoms with Gasteiger partial charge in [-0.1, -0.05) is 43.2 Å². The molecule has 0 atom stereocenters. The number of pyridine rings is 2. The summed E-state index contributed by atoms with van der Waals surface area (Å²) in [5.74, 6) is 0.564. The van der Waals surface area contributed by atoms with Gasteiger partial charge < -0.3 is 9.88 Å². The Hall–Kier alpha value is -3.14. The van der Waals surface area contributed by atoms with Crippen molar-refractivity contribution in [3.8, 4) is 11.3 Å². The van der Waals surface area contributed by atoms with Crippen LogP contribution in [0.1, 0.15) is 74.5 Å². The van der Waals surface area contributed by atoms with Gasteiger partial charge in [0.15, 0.2) is 0 Å². The lowest BCUT2D eigenvalue weighted by Crippen LogP contribution is -2.12. The van der Waals surface area contributed by atoms with Crippen molar-refractivity contribution in [1.82, 2.24) is 14.5 Å². The Kier molecular flexibility index (Phi) is 5.92. The second kappa shape index (κ2) is 9.01. The van der Waals surface area contributed by atoms with Gasteiger partial charge in [0.25, 0.3) is 0 Å². The van der Waals surface area contributed by atoms with E-state index in [9.17, 15) is 0 Å². The van der Waals surface area contributed by atoms with Gasteiger partial charge in [-0.25, -0.2) is 4.98 Å². The molecule has 0 unspecified atom stereocenters. The van der Waals surface area contributed by atoms with Crippen molar-refractivity contribution in [3.05, 3.63) is 77.2 Å². The van der Waals surface area contributed by atoms with Gasteiger partial charge in [-0.05, 0) is 69.9 Å². The number of benzene rings is 1. The molecular weight excluding hydrogens is 404 g/mol. The Labute approximate surface area is 197 Å². The van der Waals surface area contributed by atoms with Crippen LogP contribution in [0.3, 0.4) is 0 Å². The van der Waals surface area contributed by atoms with Crippen LogP contribution in [0.5, 0.6) is 0 Å². The highest BCUT2D eigenvalue weighted by atomic mass is 15.1. The Morgan fingerprint density at radius 2 is 1.94 bits per heavy atom. The fraction of sp³-hybridized carbons (Fsp3) is 0.379. The molecule has 0 radical (unpaired) electrons. The first-order valence-corrected chi connectivity index (χ1v) is 12.3. The SMILES string of the molecule is CCc1cc2nc(-c3cccnc3C3CCC3)cc(NCc3cccc(C)c3)c2n1C(C)C. The van der Waals surface area contributed by atoms with Crippen LogP contribution >= 0.6 is 0 Å². The van der Waals surface area contributed by atoms with Gasteiger partial charge >= 0.3 is 0 Å². The van der Waals surface area contributed by atoms with Crippen LogP contribution in [-0.2, 0) is 13.0 Å². The molecule has 1 aromatic carbocycles. The molecule has 0 amide bonds. The first-order chi connectivity index (χ1) is 16.0. The number of nitrogens with zero attached hydrogens (tertiary/aromatic N) is 3. The molecule has 4 nitrogen and oxygen atoms in total. The van der Waals surface area contributed by atoms with Crippen molar-refractivity contribution in [1.29, 1.82) is 0 Å². The summed E-state index contributed by atoms with van der Waals surface area (Å²) in [5, 5.41) is 3.77. The van der Waals surface area contributed by atoms with E-state index in [-0.39, 0.29) is 0 Å². The van der Waals surface area contributed by atoms with E-state index in [1.54, 1.807) is 0 Å². The molecule has 4 heteroatoms. The highest BCUT2D eigenvalue weighted by Gasteiger charge is 2.25. The average molecular weight is 439 g/mol. The van der Waals surface area contributed by atoms with Gasteiger partial charge in [0.05, 0.1) is 28.1 Å². The van der Waals surface area contributed by atoms with Gasteiger partial charge in [-0.3, -0.25) is 4.98 Å². The summed E-state index contributed by atoms with van der Waals surface area (Å²) in [5.41, 5.74) is 10.7. The second-order valence-electron chi connectivity index (χ2n) is 9.65. The van der Waals surface area contributed by atoms with Gasteiger partial charge in [-0.15, -0.1) is 0 Å². The maximum absolute atomic E-state index is 5.19. The van der Waals surface area contributed by atoms with Crippen LogP contribution in [0.25, 0.3) is 22.3 Å². The first kappa shape index (κ1) is 21.7. The van der Waals surface area contributed by atoms with Crippen molar-refractivity contribution in [2.24, 2.45) is 0 Å². The number of nitrogens with one attached hydrogen (secondary N) is 1. The second-order valence-corrected chi connectivity index (χ2v) is 9.65. The molecule has 0 bridgehead atoms. The number of anilines is 1. The Morgan fingerprint density at radius 1 is 1.09 bits per heavy atom. The van der Waals surface area contributed by atoms with E-state index >= 15 is 0 Å². The molecule has 3 heterocycles. The van der Waals surface area contributed by atoms with Crippen LogP contribution < -0.4 is 5.32 Å². The maximum atomic E-state index is 5.19. The normalized spacial score (nSPS) is 14.1. The van der Waals surface area contributed by atoms with E-state index in [1.807, 2.05) is 12.3 Å². The number of aryl methyl sites for hydroxylation is 2. The summed E-state index contributed by atoms with van der Waals surface area (Å²) in [6.45, 7) is 9.67. The molecule has 0 aliphatic heterocycles. The maximum Gasteiger partial charge on any atom is 0.0912 e. The largest absolute Gasteiger partial charge is 0.379 e. The number of fused-ring (bicyclic) bond motifs is 1. The molecule has 0 saturated heterocycles. The van der Waals surface area contributed by atoms with Gasteiger partial charge in [-0.2, -0.15) is 0 Å². The summed E-state index contributed by atoms with van der Waals surface area (Å²) in [6, 6.07) is 17.8. The van der Waals surface area contributed by atoms with E-state index < -0.39 is 0 Å². The smallest absolute Gasteiger partial charge is 0.0912 e. The van der Waals surface area contributed by atoms with Crippen LogP contribution in [0.2, 0.25) is 0 Å². The van der Waals surface area contributed by atoms with Crippen molar-refractivity contribution in [2.45, 2.75) is 71.9 Å². The predicted molar refractivity (Wildman–Crippen MR) is 138 cm³/mol. The molecule has 5 rings (SSSR count). The van der Waals surface area contributed by atoms with E-state index in [4.69, 9.17) is 9.97 Å². The Balaban J connectivity index is 1.65. The van der Waals surface area contributed by atoms with Crippen molar-refractivity contribution >= 4 is 16.7 Å². The van der Waals surface area contributed by atoms with Crippen LogP contribution in [0.15, 0.2) is 54.7 Å². The zero-order valence-corrected chi connectivity index (χ0v) is 20.2. The number of hydrogen-bond donors (Lipinski definition) is 1. The summed E-state index contributed by atoms with van der Waals surface area (Å²) in [6.07, 6.45) is 6.68. The monoisotopic (exact) mass is 438 g/mol. The highest BCUT2D eigenvalue weighted by Crippen LogP contribution is 2.41. The quantitative estimate of drug-likeness (QED) is 0.326. The predicted octanol–water partition coefficient (Wildman–Crippen LogP) is 7.43. The molecule has 1 N–H and O–H groups in total. The van der Waals surface area contributed by atoms with Crippen LogP contribution in [0, 0.1) is 6.92 Å². The van der Waals surface area contributed by atoms with Gasteiger partial charge in [0.2, 0.25) is 0 Å². The molecule has 33 heavy (non-hydrogen) atoms. The molecule has 3 aromatic heterocycles. The Bertz CT molecular complexity index is 1280. The third kappa shape index (κ3) is 4.15. The molecule has 4 aromatic rings. The molecular formula is C29H34N4. The lowest BCUT2D eigenvalue weighted by Gasteiger charge is -2.26. The third-order valence-electron chi connectivity index (χ3n) is 6.92. The molecule has 1 fully saturated rings. The minimum atomic E-state index is 0.369. The summed E-state index contributed by atoms with van der Waals surface area (Å²) in [7, 11) is 0. The van der Waals surface area contributed by atoms with Gasteiger partial charge in [0.1, 0.15) is 0 Å². The fourth-order valence-electron chi connectivity index (χ4n) is 5.08.